The van der Waals surface area contributed by atoms with E-state index in [1.807, 2.05) is 0 Å². The molecule has 94 valence electrons. The van der Waals surface area contributed by atoms with Gasteiger partial charge in [-0.2, -0.15) is 18.3 Å². The molecule has 8 heteroatoms. The lowest BCUT2D eigenvalue weighted by molar-refractivity contribution is -0.142. The highest BCUT2D eigenvalue weighted by molar-refractivity contribution is 5.96. The molecular weight excluding hydrogens is 235 g/mol. The first-order valence-electron chi connectivity index (χ1n) is 4.82. The number of hydrogen-bond acceptors (Lipinski definition) is 2. The topological polar surface area (TPSA) is 54.6 Å². The summed E-state index contributed by atoms with van der Waals surface area (Å²) in [6, 6.07) is 0. The van der Waals surface area contributed by atoms with Gasteiger partial charge in [-0.05, 0) is 13.6 Å². The molecule has 0 amide bonds. The van der Waals surface area contributed by atoms with Crippen LogP contribution in [0.1, 0.15) is 6.92 Å². The summed E-state index contributed by atoms with van der Waals surface area (Å²) >= 11 is 0. The predicted octanol–water partition coefficient (Wildman–Crippen LogP) is 1.93. The molecule has 0 radical (unpaired) electrons. The van der Waals surface area contributed by atoms with E-state index in [1.165, 1.54) is 12.4 Å². The molecule has 0 spiro atoms. The van der Waals surface area contributed by atoms with Crippen molar-refractivity contribution in [1.29, 1.82) is 0 Å². The number of hydrogen-bond donors (Lipinski definition) is 1. The van der Waals surface area contributed by atoms with Crippen molar-refractivity contribution in [2.75, 3.05) is 11.9 Å². The molecule has 0 unspecified atom stereocenters. The molecule has 0 saturated heterocycles. The van der Waals surface area contributed by atoms with E-state index in [1.54, 1.807) is 6.92 Å². The van der Waals surface area contributed by atoms with Crippen molar-refractivity contribution >= 4 is 18.4 Å². The number of rotatable bonds is 3. The van der Waals surface area contributed by atoms with Crippen LogP contribution in [0.5, 0.6) is 0 Å². The molecule has 1 heterocycles. The average molecular weight is 247 g/mol. The molecule has 0 aliphatic heterocycles. The van der Waals surface area contributed by atoms with Gasteiger partial charge in [-0.15, -0.1) is 0 Å². The summed E-state index contributed by atoms with van der Waals surface area (Å²) in [6.45, 7) is 4.47. The minimum absolute atomic E-state index is 0.249. The molecule has 0 fully saturated rings. The van der Waals surface area contributed by atoms with E-state index in [-0.39, 0.29) is 5.96 Å². The molecular formula is C9H12F3N5. The number of nitrogens with zero attached hydrogens (tertiary/aromatic N) is 4. The van der Waals surface area contributed by atoms with Gasteiger partial charge in [0.05, 0.1) is 11.9 Å². The Morgan fingerprint density at radius 3 is 2.82 bits per heavy atom. The highest BCUT2D eigenvalue weighted by Gasteiger charge is 2.28. The standard InChI is InChI=1S/C9H12F3N5/c1-3-14-8(13-2)16-7-4-15-17(5-7)6-9(10,11)12/h4-5H,2-3,6H2,1H3,(H,14,16). The van der Waals surface area contributed by atoms with Crippen LogP contribution < -0.4 is 5.32 Å². The van der Waals surface area contributed by atoms with Gasteiger partial charge in [0.15, 0.2) is 0 Å². The zero-order valence-corrected chi connectivity index (χ0v) is 9.20. The third-order valence-corrected chi connectivity index (χ3v) is 1.69. The van der Waals surface area contributed by atoms with E-state index in [9.17, 15) is 13.2 Å². The molecule has 1 rings (SSSR count). The summed E-state index contributed by atoms with van der Waals surface area (Å²) in [5, 5.41) is 6.27. The summed E-state index contributed by atoms with van der Waals surface area (Å²) in [5.74, 6) is 0.249. The Balaban J connectivity index is 2.68. The maximum Gasteiger partial charge on any atom is 0.408 e. The highest BCUT2D eigenvalue weighted by atomic mass is 19.4. The fourth-order valence-electron chi connectivity index (χ4n) is 1.11. The number of aromatic nitrogens is 2. The molecule has 0 bridgehead atoms. The van der Waals surface area contributed by atoms with Crippen LogP contribution in [0.2, 0.25) is 0 Å². The Hall–Kier alpha value is -1.86. The molecule has 17 heavy (non-hydrogen) atoms. The van der Waals surface area contributed by atoms with Gasteiger partial charge >= 0.3 is 6.18 Å². The zero-order valence-electron chi connectivity index (χ0n) is 9.20. The van der Waals surface area contributed by atoms with Gasteiger partial charge < -0.3 is 5.32 Å². The second-order valence-corrected chi connectivity index (χ2v) is 3.12. The van der Waals surface area contributed by atoms with Gasteiger partial charge in [0, 0.05) is 12.7 Å². The fourth-order valence-corrected chi connectivity index (χ4v) is 1.11. The number of aliphatic imine (C=N–C) groups is 2. The number of alkyl halides is 3. The van der Waals surface area contributed by atoms with E-state index < -0.39 is 12.7 Å². The summed E-state index contributed by atoms with van der Waals surface area (Å²) < 4.78 is 37.0. The van der Waals surface area contributed by atoms with Crippen molar-refractivity contribution in [1.82, 2.24) is 9.78 Å². The summed E-state index contributed by atoms with van der Waals surface area (Å²) in [4.78, 5) is 7.53. The molecule has 0 aromatic carbocycles. The normalized spacial score (nSPS) is 12.6. The van der Waals surface area contributed by atoms with Gasteiger partial charge in [0.25, 0.3) is 0 Å². The van der Waals surface area contributed by atoms with Crippen LogP contribution >= 0.6 is 0 Å². The van der Waals surface area contributed by atoms with Gasteiger partial charge in [-0.3, -0.25) is 9.67 Å². The molecule has 0 aliphatic rings. The molecule has 0 atom stereocenters. The van der Waals surface area contributed by atoms with Gasteiger partial charge in [0.1, 0.15) is 6.54 Å². The van der Waals surface area contributed by atoms with Gasteiger partial charge in [-0.25, -0.2) is 4.99 Å². The Kier molecular flexibility index (Phi) is 4.24. The van der Waals surface area contributed by atoms with Crippen LogP contribution in [-0.4, -0.2) is 35.2 Å². The minimum atomic E-state index is -4.29. The van der Waals surface area contributed by atoms with Crippen molar-refractivity contribution in [3.8, 4) is 0 Å². The number of nitrogens with one attached hydrogen (secondary N) is 1. The summed E-state index contributed by atoms with van der Waals surface area (Å²) in [6.07, 6.45) is -1.80. The van der Waals surface area contributed by atoms with Crippen LogP contribution in [0.25, 0.3) is 0 Å². The molecule has 0 aliphatic carbocycles. The predicted molar refractivity (Wildman–Crippen MR) is 59.4 cm³/mol. The Morgan fingerprint density at radius 1 is 1.59 bits per heavy atom. The van der Waals surface area contributed by atoms with Crippen molar-refractivity contribution < 1.29 is 13.2 Å². The van der Waals surface area contributed by atoms with Crippen molar-refractivity contribution in [3.05, 3.63) is 12.4 Å². The fraction of sp³-hybridized carbons (Fsp3) is 0.444. The maximum absolute atomic E-state index is 12.1. The minimum Gasteiger partial charge on any atom is -0.322 e. The Morgan fingerprint density at radius 2 is 2.29 bits per heavy atom. The van der Waals surface area contributed by atoms with Crippen molar-refractivity contribution in [2.45, 2.75) is 19.6 Å². The second-order valence-electron chi connectivity index (χ2n) is 3.12. The highest BCUT2D eigenvalue weighted by Crippen LogP contribution is 2.18. The molecule has 1 aromatic rings. The Bertz CT molecular complexity index is 407. The molecule has 5 nitrogen and oxygen atoms in total. The average Bonchev–Trinajstić information content (AvgIpc) is 2.62. The zero-order chi connectivity index (χ0) is 12.9. The monoisotopic (exact) mass is 247 g/mol. The van der Waals surface area contributed by atoms with E-state index in [2.05, 4.69) is 27.1 Å². The maximum atomic E-state index is 12.1. The smallest absolute Gasteiger partial charge is 0.322 e. The van der Waals surface area contributed by atoms with Crippen LogP contribution in [0.3, 0.4) is 0 Å². The van der Waals surface area contributed by atoms with Crippen LogP contribution in [0.4, 0.5) is 18.9 Å². The third kappa shape index (κ3) is 4.66. The van der Waals surface area contributed by atoms with Gasteiger partial charge in [-0.1, -0.05) is 0 Å². The number of halogens is 3. The second kappa shape index (κ2) is 5.46. The quantitative estimate of drug-likeness (QED) is 0.655. The first kappa shape index (κ1) is 13.2. The molecule has 1 N–H and O–H groups in total. The van der Waals surface area contributed by atoms with Crippen LogP contribution in [0.15, 0.2) is 22.4 Å². The van der Waals surface area contributed by atoms with E-state index in [0.717, 1.165) is 4.68 Å². The molecule has 0 saturated carbocycles. The third-order valence-electron chi connectivity index (χ3n) is 1.69. The number of guanidine groups is 1. The lowest BCUT2D eigenvalue weighted by Crippen LogP contribution is -2.17. The number of anilines is 1. The van der Waals surface area contributed by atoms with Crippen molar-refractivity contribution in [3.63, 3.8) is 0 Å². The largest absolute Gasteiger partial charge is 0.408 e. The summed E-state index contributed by atoms with van der Waals surface area (Å²) in [7, 11) is 0. The SMILES string of the molecule is C=N/C(=N\CC)Nc1cnn(CC(F)(F)F)c1. The van der Waals surface area contributed by atoms with E-state index >= 15 is 0 Å². The first-order valence-corrected chi connectivity index (χ1v) is 4.82. The lowest BCUT2D eigenvalue weighted by Gasteiger charge is -2.05. The Labute approximate surface area is 96.1 Å². The van der Waals surface area contributed by atoms with E-state index in [0.29, 0.717) is 12.2 Å². The first-order chi connectivity index (χ1) is 7.94. The van der Waals surface area contributed by atoms with Gasteiger partial charge in [0.2, 0.25) is 5.96 Å². The van der Waals surface area contributed by atoms with Crippen LogP contribution in [0, 0.1) is 0 Å². The molecule has 1 aromatic heterocycles. The van der Waals surface area contributed by atoms with E-state index in [4.69, 9.17) is 0 Å². The van der Waals surface area contributed by atoms with Crippen molar-refractivity contribution in [2.24, 2.45) is 9.98 Å². The van der Waals surface area contributed by atoms with Crippen LogP contribution in [-0.2, 0) is 6.54 Å². The summed E-state index contributed by atoms with van der Waals surface area (Å²) in [5.41, 5.74) is 0.383. The lowest BCUT2D eigenvalue weighted by atomic mass is 10.5.